The summed E-state index contributed by atoms with van der Waals surface area (Å²) in [6, 6.07) is 5.43. The van der Waals surface area contributed by atoms with Gasteiger partial charge in [-0.3, -0.25) is 0 Å². The van der Waals surface area contributed by atoms with Crippen molar-refractivity contribution in [3.05, 3.63) is 41.0 Å². The number of fused-ring (bicyclic) bond motifs is 1. The molecule has 1 aliphatic heterocycles. The molecule has 2 aromatic rings. The highest BCUT2D eigenvalue weighted by Crippen LogP contribution is 2.50. The maximum atomic E-state index is 13.0. The lowest BCUT2D eigenvalue weighted by molar-refractivity contribution is 0.212. The highest BCUT2D eigenvalue weighted by molar-refractivity contribution is 7.89. The quantitative estimate of drug-likeness (QED) is 0.727. The molecule has 2 heterocycles. The predicted octanol–water partition coefficient (Wildman–Crippen LogP) is 2.50. The van der Waals surface area contributed by atoms with E-state index in [1.54, 1.807) is 18.7 Å². The van der Waals surface area contributed by atoms with Gasteiger partial charge in [0.15, 0.2) is 5.82 Å². The van der Waals surface area contributed by atoms with Crippen LogP contribution in [-0.2, 0) is 15.4 Å². The standard InChI is InChI=1S/C21H29N5O4S/c1-5-31(28,29)25-18-9-16-11-26(12-21(16,10-18)19-22-15(4)24-30-19)20(27)23-17-7-6-13(2)14(3)8-17/h6-8,16,18,25H,5,9-12H2,1-4H3,(H,23,27)/t16?,18-,21+/m1/s1. The van der Waals surface area contributed by atoms with Crippen molar-refractivity contribution in [1.29, 1.82) is 0 Å². The molecule has 1 aromatic carbocycles. The maximum absolute atomic E-state index is 13.0. The molecule has 9 nitrogen and oxygen atoms in total. The third-order valence-electron chi connectivity index (χ3n) is 6.60. The summed E-state index contributed by atoms with van der Waals surface area (Å²) in [6.45, 7) is 8.32. The highest BCUT2D eigenvalue weighted by Gasteiger charge is 2.58. The second kappa shape index (κ2) is 7.90. The number of aromatic nitrogens is 2. The molecule has 31 heavy (non-hydrogen) atoms. The minimum atomic E-state index is -3.33. The minimum Gasteiger partial charge on any atom is -0.339 e. The van der Waals surface area contributed by atoms with Gasteiger partial charge >= 0.3 is 6.03 Å². The van der Waals surface area contributed by atoms with Gasteiger partial charge in [-0.25, -0.2) is 17.9 Å². The van der Waals surface area contributed by atoms with Crippen LogP contribution in [0.2, 0.25) is 0 Å². The molecule has 4 rings (SSSR count). The number of hydrogen-bond acceptors (Lipinski definition) is 6. The molecule has 1 unspecified atom stereocenters. The number of aryl methyl sites for hydroxylation is 3. The molecule has 0 bridgehead atoms. The van der Waals surface area contributed by atoms with Gasteiger partial charge in [-0.2, -0.15) is 4.98 Å². The van der Waals surface area contributed by atoms with Crippen molar-refractivity contribution in [2.45, 2.75) is 52.0 Å². The summed E-state index contributed by atoms with van der Waals surface area (Å²) in [6.07, 6.45) is 1.14. The van der Waals surface area contributed by atoms with Crippen molar-refractivity contribution in [3.8, 4) is 0 Å². The van der Waals surface area contributed by atoms with E-state index in [9.17, 15) is 13.2 Å². The molecule has 1 aromatic heterocycles. The molecule has 1 saturated carbocycles. The van der Waals surface area contributed by atoms with Crippen molar-refractivity contribution in [2.24, 2.45) is 5.92 Å². The average molecular weight is 448 g/mol. The molecular formula is C21H29N5O4S. The number of nitrogens with zero attached hydrogens (tertiary/aromatic N) is 3. The third kappa shape index (κ3) is 4.18. The van der Waals surface area contributed by atoms with Gasteiger partial charge < -0.3 is 14.7 Å². The number of likely N-dealkylation sites (tertiary alicyclic amines) is 1. The summed E-state index contributed by atoms with van der Waals surface area (Å²) < 4.78 is 32.5. The number of amides is 2. The van der Waals surface area contributed by atoms with Crippen molar-refractivity contribution in [2.75, 3.05) is 24.2 Å². The Labute approximate surface area is 182 Å². The molecule has 2 amide bonds. The van der Waals surface area contributed by atoms with Crippen LogP contribution in [0.3, 0.4) is 0 Å². The molecule has 1 saturated heterocycles. The number of anilines is 1. The lowest BCUT2D eigenvalue weighted by Gasteiger charge is -2.25. The van der Waals surface area contributed by atoms with Gasteiger partial charge in [0.1, 0.15) is 0 Å². The fourth-order valence-corrected chi connectivity index (χ4v) is 5.66. The summed E-state index contributed by atoms with van der Waals surface area (Å²) in [7, 11) is -3.33. The molecule has 0 spiro atoms. The summed E-state index contributed by atoms with van der Waals surface area (Å²) in [4.78, 5) is 19.2. The molecule has 3 atom stereocenters. The van der Waals surface area contributed by atoms with Gasteiger partial charge in [-0.15, -0.1) is 0 Å². The zero-order valence-electron chi connectivity index (χ0n) is 18.3. The molecule has 2 N–H and O–H groups in total. The van der Waals surface area contributed by atoms with Crippen molar-refractivity contribution < 1.29 is 17.7 Å². The summed E-state index contributed by atoms with van der Waals surface area (Å²) >= 11 is 0. The van der Waals surface area contributed by atoms with Crippen LogP contribution in [0.5, 0.6) is 0 Å². The molecule has 168 valence electrons. The normalized spacial score (nSPS) is 25.6. The van der Waals surface area contributed by atoms with E-state index in [-0.39, 0.29) is 23.7 Å². The number of sulfonamides is 1. The Balaban J connectivity index is 1.55. The van der Waals surface area contributed by atoms with Crippen LogP contribution in [0.25, 0.3) is 0 Å². The molecular weight excluding hydrogens is 418 g/mol. The van der Waals surface area contributed by atoms with Gasteiger partial charge in [0.05, 0.1) is 11.2 Å². The summed E-state index contributed by atoms with van der Waals surface area (Å²) in [5.41, 5.74) is 2.48. The van der Waals surface area contributed by atoms with E-state index in [1.165, 1.54) is 5.56 Å². The fraction of sp³-hybridized carbons (Fsp3) is 0.571. The zero-order valence-corrected chi connectivity index (χ0v) is 19.1. The van der Waals surface area contributed by atoms with Crippen LogP contribution in [-0.4, -0.2) is 54.4 Å². The van der Waals surface area contributed by atoms with E-state index in [0.717, 1.165) is 11.3 Å². The number of nitrogens with one attached hydrogen (secondary N) is 2. The number of hydrogen-bond donors (Lipinski definition) is 2. The Morgan fingerprint density at radius 3 is 2.71 bits per heavy atom. The highest BCUT2D eigenvalue weighted by atomic mass is 32.2. The second-order valence-corrected chi connectivity index (χ2v) is 10.8. The minimum absolute atomic E-state index is 0.0300. The molecule has 10 heteroatoms. The summed E-state index contributed by atoms with van der Waals surface area (Å²) in [5, 5.41) is 6.93. The molecule has 1 aliphatic carbocycles. The Morgan fingerprint density at radius 1 is 1.29 bits per heavy atom. The van der Waals surface area contributed by atoms with Crippen molar-refractivity contribution >= 4 is 21.7 Å². The van der Waals surface area contributed by atoms with Crippen molar-refractivity contribution in [3.63, 3.8) is 0 Å². The van der Waals surface area contributed by atoms with Crippen LogP contribution in [0.4, 0.5) is 10.5 Å². The van der Waals surface area contributed by atoms with E-state index in [2.05, 4.69) is 20.2 Å². The zero-order chi connectivity index (χ0) is 22.4. The lowest BCUT2D eigenvalue weighted by atomic mass is 9.80. The van der Waals surface area contributed by atoms with E-state index < -0.39 is 15.4 Å². The number of carbonyl (C=O) groups is 1. The van der Waals surface area contributed by atoms with E-state index >= 15 is 0 Å². The Kier molecular flexibility index (Phi) is 5.55. The molecule has 2 fully saturated rings. The van der Waals surface area contributed by atoms with Crippen LogP contribution >= 0.6 is 0 Å². The van der Waals surface area contributed by atoms with Crippen LogP contribution in [0.1, 0.15) is 42.6 Å². The van der Waals surface area contributed by atoms with Crippen LogP contribution < -0.4 is 10.0 Å². The molecule has 0 radical (unpaired) electrons. The van der Waals surface area contributed by atoms with Gasteiger partial charge in [0, 0.05) is 24.8 Å². The Bertz CT molecular complexity index is 1100. The third-order valence-corrected chi connectivity index (χ3v) is 8.05. The lowest BCUT2D eigenvalue weighted by Crippen LogP contribution is -2.41. The molecule has 2 aliphatic rings. The van der Waals surface area contributed by atoms with Gasteiger partial charge in [-0.1, -0.05) is 11.2 Å². The average Bonchev–Trinajstić information content (AvgIpc) is 3.37. The fourth-order valence-electron chi connectivity index (χ4n) is 4.81. The van der Waals surface area contributed by atoms with Crippen LogP contribution in [0.15, 0.2) is 22.7 Å². The van der Waals surface area contributed by atoms with E-state index in [4.69, 9.17) is 4.52 Å². The maximum Gasteiger partial charge on any atom is 0.321 e. The largest absolute Gasteiger partial charge is 0.339 e. The first-order valence-corrected chi connectivity index (χ1v) is 12.2. The number of urea groups is 1. The Hall–Kier alpha value is -2.46. The number of rotatable bonds is 5. The Morgan fingerprint density at radius 2 is 2.06 bits per heavy atom. The van der Waals surface area contributed by atoms with Gasteiger partial charge in [-0.05, 0) is 69.7 Å². The van der Waals surface area contributed by atoms with E-state index in [0.29, 0.717) is 37.6 Å². The smallest absolute Gasteiger partial charge is 0.321 e. The first-order chi connectivity index (χ1) is 14.6. The van der Waals surface area contributed by atoms with Crippen LogP contribution in [0, 0.1) is 26.7 Å². The summed E-state index contributed by atoms with van der Waals surface area (Å²) in [5.74, 6) is 1.07. The first-order valence-electron chi connectivity index (χ1n) is 10.6. The van der Waals surface area contributed by atoms with Gasteiger partial charge in [0.25, 0.3) is 0 Å². The topological polar surface area (TPSA) is 117 Å². The predicted molar refractivity (Wildman–Crippen MR) is 116 cm³/mol. The van der Waals surface area contributed by atoms with E-state index in [1.807, 2.05) is 32.0 Å². The van der Waals surface area contributed by atoms with Crippen molar-refractivity contribution in [1.82, 2.24) is 19.8 Å². The first kappa shape index (κ1) is 21.8. The number of benzene rings is 1. The monoisotopic (exact) mass is 447 g/mol. The van der Waals surface area contributed by atoms with Gasteiger partial charge in [0.2, 0.25) is 15.9 Å². The second-order valence-electron chi connectivity index (χ2n) is 8.77. The number of carbonyl (C=O) groups excluding carboxylic acids is 1. The SMILES string of the molecule is CCS(=O)(=O)N[C@@H]1CC2CN(C(=O)Nc3ccc(C)c(C)c3)C[C@@]2(c2nc(C)no2)C1.